The topological polar surface area (TPSA) is 47.6 Å². The number of fused-ring (bicyclic) bond motifs is 1. The van der Waals surface area contributed by atoms with Gasteiger partial charge >= 0.3 is 6.18 Å². The van der Waals surface area contributed by atoms with Crippen LogP contribution in [0.15, 0.2) is 42.5 Å². The maximum Gasteiger partial charge on any atom is 0.416 e. The molecule has 28 heavy (non-hydrogen) atoms. The minimum Gasteiger partial charge on any atom is -0.490 e. The van der Waals surface area contributed by atoms with E-state index >= 15 is 0 Å². The highest BCUT2D eigenvalue weighted by Gasteiger charge is 2.34. The Morgan fingerprint density at radius 2 is 1.68 bits per heavy atom. The van der Waals surface area contributed by atoms with Crippen LogP contribution in [0.5, 0.6) is 11.5 Å². The van der Waals surface area contributed by atoms with Gasteiger partial charge in [0.1, 0.15) is 0 Å². The molecule has 0 aliphatic carbocycles. The van der Waals surface area contributed by atoms with E-state index in [1.807, 2.05) is 6.07 Å². The summed E-state index contributed by atoms with van der Waals surface area (Å²) < 4.78 is 50.1. The van der Waals surface area contributed by atoms with Crippen LogP contribution in [-0.4, -0.2) is 19.1 Å². The maximum absolute atomic E-state index is 13.0. The molecule has 0 fully saturated rings. The van der Waals surface area contributed by atoms with Gasteiger partial charge in [-0.3, -0.25) is 4.79 Å². The SMILES string of the molecule is CC(C)(C(=O)NCc1ccc2c(c1)OCCCO2)c1cccc(C(F)(F)F)c1. The number of hydrogen-bond donors (Lipinski definition) is 1. The van der Waals surface area contributed by atoms with Crippen molar-refractivity contribution in [3.8, 4) is 11.5 Å². The van der Waals surface area contributed by atoms with Crippen molar-refractivity contribution in [2.75, 3.05) is 13.2 Å². The lowest BCUT2D eigenvalue weighted by Crippen LogP contribution is -2.39. The molecular formula is C21H22F3NO3. The average Bonchev–Trinajstić information content (AvgIpc) is 2.90. The zero-order valence-electron chi connectivity index (χ0n) is 15.7. The van der Waals surface area contributed by atoms with E-state index in [-0.39, 0.29) is 12.5 Å². The predicted molar refractivity (Wildman–Crippen MR) is 98.4 cm³/mol. The second-order valence-electron chi connectivity index (χ2n) is 7.22. The fourth-order valence-electron chi connectivity index (χ4n) is 2.94. The molecule has 4 nitrogen and oxygen atoms in total. The molecule has 1 aliphatic rings. The number of carbonyl (C=O) groups is 1. The highest BCUT2D eigenvalue weighted by atomic mass is 19.4. The highest BCUT2D eigenvalue weighted by Crippen LogP contribution is 2.33. The molecule has 0 unspecified atom stereocenters. The molecule has 1 aliphatic heterocycles. The third-order valence-electron chi connectivity index (χ3n) is 4.74. The van der Waals surface area contributed by atoms with Crippen LogP contribution < -0.4 is 14.8 Å². The Balaban J connectivity index is 1.71. The number of ether oxygens (including phenoxy) is 2. The lowest BCUT2D eigenvalue weighted by Gasteiger charge is -2.25. The Kier molecular flexibility index (Phi) is 5.54. The van der Waals surface area contributed by atoms with Gasteiger partial charge in [0.05, 0.1) is 24.2 Å². The van der Waals surface area contributed by atoms with Crippen molar-refractivity contribution in [2.24, 2.45) is 0 Å². The van der Waals surface area contributed by atoms with Gasteiger partial charge in [-0.05, 0) is 43.2 Å². The first kappa shape index (κ1) is 20.0. The molecule has 0 bridgehead atoms. The van der Waals surface area contributed by atoms with Crippen molar-refractivity contribution in [1.29, 1.82) is 0 Å². The summed E-state index contributed by atoms with van der Waals surface area (Å²) in [5, 5.41) is 2.80. The highest BCUT2D eigenvalue weighted by molar-refractivity contribution is 5.87. The summed E-state index contributed by atoms with van der Waals surface area (Å²) in [6.45, 7) is 4.59. The first-order valence-electron chi connectivity index (χ1n) is 9.02. The molecule has 2 aromatic rings. The molecule has 1 amide bonds. The Labute approximate surface area is 161 Å². The van der Waals surface area contributed by atoms with Crippen molar-refractivity contribution >= 4 is 5.91 Å². The first-order valence-corrected chi connectivity index (χ1v) is 9.02. The zero-order chi connectivity index (χ0) is 20.4. The Morgan fingerprint density at radius 1 is 1.00 bits per heavy atom. The molecule has 0 saturated carbocycles. The minimum atomic E-state index is -4.45. The first-order chi connectivity index (χ1) is 13.2. The van der Waals surface area contributed by atoms with Crippen LogP contribution in [0.1, 0.15) is 37.0 Å². The lowest BCUT2D eigenvalue weighted by atomic mass is 9.83. The fourth-order valence-corrected chi connectivity index (χ4v) is 2.94. The number of alkyl halides is 3. The minimum absolute atomic E-state index is 0.234. The third kappa shape index (κ3) is 4.40. The van der Waals surface area contributed by atoms with Crippen molar-refractivity contribution in [1.82, 2.24) is 5.32 Å². The van der Waals surface area contributed by atoms with E-state index in [1.54, 1.807) is 26.0 Å². The number of amides is 1. The standard InChI is InChI=1S/C21H22F3NO3/c1-20(2,15-5-3-6-16(12-15)21(22,23)24)19(26)25-13-14-7-8-17-18(11-14)28-10-4-9-27-17/h3,5-8,11-12H,4,9-10,13H2,1-2H3,(H,25,26). The van der Waals surface area contributed by atoms with Gasteiger partial charge in [-0.15, -0.1) is 0 Å². The molecule has 1 heterocycles. The Morgan fingerprint density at radius 3 is 2.39 bits per heavy atom. The van der Waals surface area contributed by atoms with Gasteiger partial charge in [-0.1, -0.05) is 24.3 Å². The molecule has 0 saturated heterocycles. The van der Waals surface area contributed by atoms with Gasteiger partial charge in [-0.25, -0.2) is 0 Å². The van der Waals surface area contributed by atoms with Gasteiger partial charge in [0.15, 0.2) is 11.5 Å². The molecule has 0 atom stereocenters. The number of halogens is 3. The average molecular weight is 393 g/mol. The number of carbonyl (C=O) groups excluding carboxylic acids is 1. The van der Waals surface area contributed by atoms with Gasteiger partial charge in [0.2, 0.25) is 5.91 Å². The van der Waals surface area contributed by atoms with E-state index in [4.69, 9.17) is 9.47 Å². The van der Waals surface area contributed by atoms with E-state index in [9.17, 15) is 18.0 Å². The number of hydrogen-bond acceptors (Lipinski definition) is 3. The van der Waals surface area contributed by atoms with Gasteiger partial charge in [0, 0.05) is 13.0 Å². The van der Waals surface area contributed by atoms with Gasteiger partial charge < -0.3 is 14.8 Å². The summed E-state index contributed by atoms with van der Waals surface area (Å²) in [5.74, 6) is 0.928. The van der Waals surface area contributed by atoms with E-state index < -0.39 is 17.2 Å². The normalized spacial score (nSPS) is 14.3. The second kappa shape index (κ2) is 7.73. The summed E-state index contributed by atoms with van der Waals surface area (Å²) in [6, 6.07) is 10.3. The van der Waals surface area contributed by atoms with Crippen LogP contribution >= 0.6 is 0 Å². The van der Waals surface area contributed by atoms with Gasteiger partial charge in [-0.2, -0.15) is 13.2 Å². The summed E-state index contributed by atoms with van der Waals surface area (Å²) >= 11 is 0. The fraction of sp³-hybridized carbons (Fsp3) is 0.381. The Bertz CT molecular complexity index is 862. The van der Waals surface area contributed by atoms with Crippen molar-refractivity contribution in [3.05, 3.63) is 59.2 Å². The van der Waals surface area contributed by atoms with E-state index in [1.165, 1.54) is 12.1 Å². The third-order valence-corrected chi connectivity index (χ3v) is 4.74. The Hall–Kier alpha value is -2.70. The molecule has 0 aromatic heterocycles. The van der Waals surface area contributed by atoms with Crippen LogP contribution in [0, 0.1) is 0 Å². The van der Waals surface area contributed by atoms with Crippen LogP contribution in [0.25, 0.3) is 0 Å². The summed E-state index contributed by atoms with van der Waals surface area (Å²) in [6.07, 6.45) is -3.65. The quantitative estimate of drug-likeness (QED) is 0.834. The van der Waals surface area contributed by atoms with Crippen LogP contribution in [-0.2, 0) is 22.9 Å². The van der Waals surface area contributed by atoms with Crippen molar-refractivity contribution < 1.29 is 27.4 Å². The molecule has 2 aromatic carbocycles. The molecule has 3 rings (SSSR count). The molecule has 0 radical (unpaired) electrons. The van der Waals surface area contributed by atoms with E-state index in [0.29, 0.717) is 30.3 Å². The van der Waals surface area contributed by atoms with Gasteiger partial charge in [0.25, 0.3) is 0 Å². The van der Waals surface area contributed by atoms with E-state index in [0.717, 1.165) is 24.1 Å². The van der Waals surface area contributed by atoms with Crippen LogP contribution in [0.2, 0.25) is 0 Å². The van der Waals surface area contributed by atoms with Crippen LogP contribution in [0.3, 0.4) is 0 Å². The monoisotopic (exact) mass is 393 g/mol. The maximum atomic E-state index is 13.0. The molecule has 0 spiro atoms. The van der Waals surface area contributed by atoms with Crippen LogP contribution in [0.4, 0.5) is 13.2 Å². The predicted octanol–water partition coefficient (Wildman–Crippen LogP) is 4.46. The smallest absolute Gasteiger partial charge is 0.416 e. The summed E-state index contributed by atoms with van der Waals surface area (Å²) in [7, 11) is 0. The van der Waals surface area contributed by atoms with E-state index in [2.05, 4.69) is 5.32 Å². The van der Waals surface area contributed by atoms with Crippen molar-refractivity contribution in [2.45, 2.75) is 38.4 Å². The van der Waals surface area contributed by atoms with Crippen molar-refractivity contribution in [3.63, 3.8) is 0 Å². The number of benzene rings is 2. The lowest BCUT2D eigenvalue weighted by molar-refractivity contribution is -0.138. The second-order valence-corrected chi connectivity index (χ2v) is 7.22. The summed E-state index contributed by atoms with van der Waals surface area (Å²) in [4.78, 5) is 12.7. The molecular weight excluding hydrogens is 371 g/mol. The molecule has 7 heteroatoms. The molecule has 1 N–H and O–H groups in total. The largest absolute Gasteiger partial charge is 0.490 e. The number of nitrogens with one attached hydrogen (secondary N) is 1. The summed E-state index contributed by atoms with van der Waals surface area (Å²) in [5.41, 5.74) is -0.767. The number of rotatable bonds is 4. The zero-order valence-corrected chi connectivity index (χ0v) is 15.7. The molecule has 150 valence electrons.